The smallest absolute Gasteiger partial charge is 0.306 e. The molecule has 0 N–H and O–H groups in total. The zero-order valence-corrected chi connectivity index (χ0v) is 48.1. The monoisotopic (exact) mass is 1020 g/mol. The Kier molecular flexibility index (Phi) is 58.3. The molecule has 6 nitrogen and oxygen atoms in total. The third-order valence-corrected chi connectivity index (χ3v) is 13.4. The summed E-state index contributed by atoms with van der Waals surface area (Å²) in [6, 6.07) is 0. The summed E-state index contributed by atoms with van der Waals surface area (Å²) in [6.07, 6.45) is 80.3. The van der Waals surface area contributed by atoms with Crippen molar-refractivity contribution in [1.82, 2.24) is 0 Å². The van der Waals surface area contributed by atoms with Crippen LogP contribution in [0.2, 0.25) is 0 Å². The SMILES string of the molecule is CC/C=C\C/C=C\C/C=C\C/C=C\C/C=C\C/C=C\CCC(=O)OC(COC(=O)CCCCCCC/C=C\CCCCCCCC)COC(=O)CCCCCCCCCCCCCCCCCCCCCCC. The van der Waals surface area contributed by atoms with Gasteiger partial charge in [-0.25, -0.2) is 0 Å². The molecule has 0 aliphatic carbocycles. The van der Waals surface area contributed by atoms with Crippen LogP contribution in [0.5, 0.6) is 0 Å². The molecule has 0 amide bonds. The summed E-state index contributed by atoms with van der Waals surface area (Å²) >= 11 is 0. The topological polar surface area (TPSA) is 78.9 Å². The van der Waals surface area contributed by atoms with Crippen LogP contribution >= 0.6 is 0 Å². The van der Waals surface area contributed by atoms with Crippen molar-refractivity contribution in [2.45, 2.75) is 309 Å². The largest absolute Gasteiger partial charge is 0.462 e. The molecule has 0 radical (unpaired) electrons. The number of rotatable bonds is 56. The zero-order chi connectivity index (χ0) is 52.9. The van der Waals surface area contributed by atoms with E-state index in [0.717, 1.165) is 89.9 Å². The highest BCUT2D eigenvalue weighted by Gasteiger charge is 2.19. The molecular formula is C67H116O6. The zero-order valence-electron chi connectivity index (χ0n) is 48.1. The molecule has 0 heterocycles. The second-order valence-corrected chi connectivity index (χ2v) is 20.6. The fourth-order valence-corrected chi connectivity index (χ4v) is 8.76. The van der Waals surface area contributed by atoms with Crippen molar-refractivity contribution in [2.24, 2.45) is 0 Å². The Balaban J connectivity index is 4.45. The quantitative estimate of drug-likeness (QED) is 0.0261. The number of carbonyl (C=O) groups excluding carboxylic acids is 3. The van der Waals surface area contributed by atoms with Crippen LogP contribution in [0.25, 0.3) is 0 Å². The third-order valence-electron chi connectivity index (χ3n) is 13.4. The van der Waals surface area contributed by atoms with Crippen LogP contribution < -0.4 is 0 Å². The molecule has 0 aromatic heterocycles. The Morgan fingerprint density at radius 2 is 0.562 bits per heavy atom. The minimum atomic E-state index is -0.820. The maximum Gasteiger partial charge on any atom is 0.306 e. The lowest BCUT2D eigenvalue weighted by Gasteiger charge is -2.18. The van der Waals surface area contributed by atoms with Gasteiger partial charge in [-0.1, -0.05) is 286 Å². The Morgan fingerprint density at radius 3 is 0.890 bits per heavy atom. The van der Waals surface area contributed by atoms with Gasteiger partial charge in [0.05, 0.1) is 0 Å². The van der Waals surface area contributed by atoms with Crippen LogP contribution in [0.4, 0.5) is 0 Å². The molecule has 0 fully saturated rings. The van der Waals surface area contributed by atoms with Gasteiger partial charge < -0.3 is 14.2 Å². The first-order valence-electron chi connectivity index (χ1n) is 31.1. The lowest BCUT2D eigenvalue weighted by molar-refractivity contribution is -0.166. The maximum absolute atomic E-state index is 12.9. The fourth-order valence-electron chi connectivity index (χ4n) is 8.76. The molecule has 0 aromatic carbocycles. The van der Waals surface area contributed by atoms with Crippen LogP contribution in [0.1, 0.15) is 303 Å². The highest BCUT2D eigenvalue weighted by Crippen LogP contribution is 2.17. The molecule has 0 saturated heterocycles. The molecular weight excluding hydrogens is 901 g/mol. The number of unbranched alkanes of at least 4 members (excludes halogenated alkanes) is 31. The van der Waals surface area contributed by atoms with E-state index in [4.69, 9.17) is 14.2 Å². The van der Waals surface area contributed by atoms with Crippen LogP contribution in [0, 0.1) is 0 Å². The van der Waals surface area contributed by atoms with Crippen molar-refractivity contribution in [3.05, 3.63) is 85.1 Å². The minimum Gasteiger partial charge on any atom is -0.462 e. The summed E-state index contributed by atoms with van der Waals surface area (Å²) < 4.78 is 16.8. The molecule has 420 valence electrons. The summed E-state index contributed by atoms with van der Waals surface area (Å²) in [6.45, 7) is 6.49. The van der Waals surface area contributed by atoms with E-state index >= 15 is 0 Å². The summed E-state index contributed by atoms with van der Waals surface area (Å²) in [5.41, 5.74) is 0. The summed E-state index contributed by atoms with van der Waals surface area (Å²) in [5, 5.41) is 0. The molecule has 1 unspecified atom stereocenters. The van der Waals surface area contributed by atoms with Gasteiger partial charge in [-0.05, 0) is 83.5 Å². The van der Waals surface area contributed by atoms with Gasteiger partial charge in [-0.15, -0.1) is 0 Å². The number of carbonyl (C=O) groups is 3. The van der Waals surface area contributed by atoms with E-state index in [1.54, 1.807) is 0 Å². The summed E-state index contributed by atoms with van der Waals surface area (Å²) in [5.74, 6) is -0.989. The lowest BCUT2D eigenvalue weighted by atomic mass is 10.0. The fraction of sp³-hybridized carbons (Fsp3) is 0.746. The Labute approximate surface area is 452 Å². The van der Waals surface area contributed by atoms with E-state index in [0.29, 0.717) is 19.3 Å². The van der Waals surface area contributed by atoms with Crippen LogP contribution in [-0.4, -0.2) is 37.2 Å². The number of ether oxygens (including phenoxy) is 3. The van der Waals surface area contributed by atoms with E-state index in [1.165, 1.54) is 167 Å². The normalized spacial score (nSPS) is 12.6. The van der Waals surface area contributed by atoms with Gasteiger partial charge in [0.15, 0.2) is 6.10 Å². The van der Waals surface area contributed by atoms with Crippen molar-refractivity contribution in [2.75, 3.05) is 13.2 Å². The number of allylic oxidation sites excluding steroid dienone is 14. The minimum absolute atomic E-state index is 0.107. The first-order valence-corrected chi connectivity index (χ1v) is 31.1. The average Bonchev–Trinajstić information content (AvgIpc) is 3.39. The molecule has 73 heavy (non-hydrogen) atoms. The predicted molar refractivity (Wildman–Crippen MR) is 316 cm³/mol. The first kappa shape index (κ1) is 69.6. The van der Waals surface area contributed by atoms with Crippen molar-refractivity contribution in [3.8, 4) is 0 Å². The van der Waals surface area contributed by atoms with Gasteiger partial charge in [-0.2, -0.15) is 0 Å². The molecule has 6 heteroatoms. The van der Waals surface area contributed by atoms with Crippen LogP contribution in [0.3, 0.4) is 0 Å². The standard InChI is InChI=1S/C67H116O6/c1-4-7-10-13-16-19-22-25-28-30-32-33-35-36-39-42-45-48-51-54-57-60-66(69)72-63-64(62-71-65(68)59-56-53-50-47-44-41-38-27-24-21-18-15-12-9-6-3)73-67(70)61-58-55-52-49-46-43-40-37-34-31-29-26-23-20-17-14-11-8-5-2/h8,11,17,20,26-27,29,34,37-38,43,46,52,55,64H,4-7,9-10,12-16,18-19,21-25,28,30-33,35-36,39-42,44-45,47-51,53-54,56-63H2,1-3H3/b11-8-,20-17-,29-26-,37-34-,38-27-,46-43-,55-52-. The molecule has 0 bridgehead atoms. The second kappa shape index (κ2) is 61.1. The second-order valence-electron chi connectivity index (χ2n) is 20.6. The van der Waals surface area contributed by atoms with E-state index in [-0.39, 0.29) is 31.6 Å². The molecule has 0 rings (SSSR count). The van der Waals surface area contributed by atoms with E-state index in [9.17, 15) is 14.4 Å². The van der Waals surface area contributed by atoms with Gasteiger partial charge >= 0.3 is 17.9 Å². The number of hydrogen-bond donors (Lipinski definition) is 0. The van der Waals surface area contributed by atoms with Crippen molar-refractivity contribution in [1.29, 1.82) is 0 Å². The van der Waals surface area contributed by atoms with Crippen molar-refractivity contribution in [3.63, 3.8) is 0 Å². The molecule has 0 aliphatic heterocycles. The Hall–Kier alpha value is -3.41. The molecule has 0 aliphatic rings. The van der Waals surface area contributed by atoms with E-state index in [2.05, 4.69) is 99.8 Å². The highest BCUT2D eigenvalue weighted by atomic mass is 16.6. The number of hydrogen-bond acceptors (Lipinski definition) is 6. The van der Waals surface area contributed by atoms with Crippen LogP contribution in [-0.2, 0) is 28.6 Å². The molecule has 0 aromatic rings. The summed E-state index contributed by atoms with van der Waals surface area (Å²) in [7, 11) is 0. The highest BCUT2D eigenvalue weighted by molar-refractivity contribution is 5.71. The van der Waals surface area contributed by atoms with E-state index < -0.39 is 12.1 Å². The summed E-state index contributed by atoms with van der Waals surface area (Å²) in [4.78, 5) is 38.2. The van der Waals surface area contributed by atoms with E-state index in [1.807, 2.05) is 6.08 Å². The first-order chi connectivity index (χ1) is 36.0. The van der Waals surface area contributed by atoms with Crippen molar-refractivity contribution < 1.29 is 28.6 Å². The van der Waals surface area contributed by atoms with Crippen molar-refractivity contribution >= 4 is 17.9 Å². The van der Waals surface area contributed by atoms with Crippen LogP contribution in [0.15, 0.2) is 85.1 Å². The van der Waals surface area contributed by atoms with Gasteiger partial charge in [-0.3, -0.25) is 14.4 Å². The predicted octanol–water partition coefficient (Wildman–Crippen LogP) is 21.1. The molecule has 0 spiro atoms. The van der Waals surface area contributed by atoms with Gasteiger partial charge in [0.1, 0.15) is 13.2 Å². The van der Waals surface area contributed by atoms with Gasteiger partial charge in [0.25, 0.3) is 0 Å². The van der Waals surface area contributed by atoms with Gasteiger partial charge in [0.2, 0.25) is 0 Å². The average molecular weight is 1020 g/mol. The Morgan fingerprint density at radius 1 is 0.288 bits per heavy atom. The van der Waals surface area contributed by atoms with Gasteiger partial charge in [0, 0.05) is 19.3 Å². The third kappa shape index (κ3) is 59.3. The molecule has 0 saturated carbocycles. The maximum atomic E-state index is 12.9. The number of esters is 3. The Bertz CT molecular complexity index is 1400. The lowest BCUT2D eigenvalue weighted by Crippen LogP contribution is -2.30. The molecule has 1 atom stereocenters.